The van der Waals surface area contributed by atoms with Crippen molar-refractivity contribution in [3.8, 4) is 17.2 Å². The van der Waals surface area contributed by atoms with Crippen LogP contribution in [0.15, 0.2) is 158 Å². The van der Waals surface area contributed by atoms with Crippen LogP contribution in [0.25, 0.3) is 21.5 Å². The maximum Gasteiger partial charge on any atom is 0.335 e. The maximum atomic E-state index is 13.0. The number of benzene rings is 7. The topological polar surface area (TPSA) is 490 Å². The lowest BCUT2D eigenvalue weighted by Crippen LogP contribution is -2.03. The minimum Gasteiger partial charge on any atom is -0.505 e. The summed E-state index contributed by atoms with van der Waals surface area (Å²) in [5, 5.41) is 70.5. The molecule has 0 aliphatic carbocycles. The summed E-state index contributed by atoms with van der Waals surface area (Å²) in [6.07, 6.45) is 0. The molecular formula is C40H26N10O20S4. The molecule has 0 aliphatic rings. The van der Waals surface area contributed by atoms with E-state index in [4.69, 9.17) is 15.6 Å². The van der Waals surface area contributed by atoms with Crippen LogP contribution in [0.3, 0.4) is 0 Å². The number of nitro benzene ring substituents is 1. The summed E-state index contributed by atoms with van der Waals surface area (Å²) in [5.74, 6) is -3.76. The van der Waals surface area contributed by atoms with Gasteiger partial charge in [0.2, 0.25) is 0 Å². The predicted molar refractivity (Wildman–Crippen MR) is 251 cm³/mol. The lowest BCUT2D eigenvalue weighted by atomic mass is 10.1. The van der Waals surface area contributed by atoms with Crippen LogP contribution in [0.5, 0.6) is 17.2 Å². The number of nitrogens with zero attached hydrogens (tertiary/aromatic N) is 9. The van der Waals surface area contributed by atoms with E-state index in [2.05, 4.69) is 40.9 Å². The van der Waals surface area contributed by atoms with Crippen LogP contribution in [0.1, 0.15) is 10.4 Å². The maximum absolute atomic E-state index is 13.0. The van der Waals surface area contributed by atoms with E-state index in [9.17, 15) is 81.8 Å². The van der Waals surface area contributed by atoms with Gasteiger partial charge in [-0.2, -0.15) is 43.9 Å². The number of nitrogen functional groups attached to an aromatic ring is 1. The van der Waals surface area contributed by atoms with Gasteiger partial charge in [-0.25, -0.2) is 4.79 Å². The van der Waals surface area contributed by atoms with Crippen LogP contribution in [-0.2, 0) is 45.3 Å². The fourth-order valence-electron chi connectivity index (χ4n) is 6.67. The summed E-state index contributed by atoms with van der Waals surface area (Å²) in [7, 11) is -21.6. The number of aromatic hydroxyl groups is 2. The highest BCUT2D eigenvalue weighted by molar-refractivity contribution is 7.87. The molecule has 0 fully saturated rings. The summed E-state index contributed by atoms with van der Waals surface area (Å²) >= 11 is 0. The lowest BCUT2D eigenvalue weighted by Gasteiger charge is -2.13. The fraction of sp³-hybridized carbons (Fsp3) is 0. The van der Waals surface area contributed by atoms with Crippen molar-refractivity contribution in [2.45, 2.75) is 19.6 Å². The molecule has 0 saturated carbocycles. The SMILES string of the molecule is Nc1c(N=Nc2ccc3c(O)c(N=Nc4ccc(N=Nc5ccc(C(=O)O)cc5)cc4OC=O)c(S(=O)(=O)O)cc3c2S(=O)(=O)O)cc(S(=O)(=O)O)c2ccc(N=Nc3ccc([N+](=O)[O-])cc3S(=O)(=O)O)c(O)c12. The zero-order chi connectivity index (χ0) is 54.2. The summed E-state index contributed by atoms with van der Waals surface area (Å²) in [4.78, 5) is 28.0. The zero-order valence-corrected chi connectivity index (χ0v) is 39.3. The number of carboxylic acid groups (broad SMARTS) is 1. The minimum atomic E-state index is -5.59. The highest BCUT2D eigenvalue weighted by atomic mass is 32.2. The van der Waals surface area contributed by atoms with E-state index in [1.54, 1.807) is 0 Å². The molecule has 0 aliphatic heterocycles. The molecule has 0 spiro atoms. The number of rotatable bonds is 16. The van der Waals surface area contributed by atoms with E-state index < -0.39 is 144 Å². The number of hydrogen-bond acceptors (Lipinski definition) is 24. The second kappa shape index (κ2) is 19.8. The Bertz CT molecular complexity index is 4170. The zero-order valence-electron chi connectivity index (χ0n) is 36.0. The van der Waals surface area contributed by atoms with E-state index in [0.29, 0.717) is 18.2 Å². The van der Waals surface area contributed by atoms with Crippen LogP contribution >= 0.6 is 0 Å². The van der Waals surface area contributed by atoms with Gasteiger partial charge in [-0.15, -0.1) is 30.7 Å². The molecule has 7 aromatic carbocycles. The van der Waals surface area contributed by atoms with Gasteiger partial charge in [0.1, 0.15) is 53.7 Å². The molecule has 7 rings (SSSR count). The number of ether oxygens (including phenoxy) is 1. The third-order valence-electron chi connectivity index (χ3n) is 9.95. The molecule has 380 valence electrons. The molecule has 0 amide bonds. The van der Waals surface area contributed by atoms with Crippen LogP contribution < -0.4 is 10.5 Å². The average Bonchev–Trinajstić information content (AvgIpc) is 3.31. The van der Waals surface area contributed by atoms with E-state index in [0.717, 1.165) is 48.5 Å². The first-order valence-corrected chi connectivity index (χ1v) is 25.2. The third-order valence-corrected chi connectivity index (χ3v) is 13.5. The van der Waals surface area contributed by atoms with Gasteiger partial charge in [0.25, 0.3) is 52.6 Å². The summed E-state index contributed by atoms with van der Waals surface area (Å²) in [6, 6.07) is 15.4. The molecule has 30 nitrogen and oxygen atoms in total. The quantitative estimate of drug-likeness (QED) is 0.0112. The fourth-order valence-corrected chi connectivity index (χ4v) is 9.49. The molecule has 0 radical (unpaired) electrons. The van der Waals surface area contributed by atoms with Crippen LogP contribution in [-0.4, -0.2) is 84.6 Å². The number of carbonyl (C=O) groups is 2. The van der Waals surface area contributed by atoms with Crippen LogP contribution in [0.4, 0.5) is 56.9 Å². The molecular weight excluding hydrogens is 1070 g/mol. The molecule has 74 heavy (non-hydrogen) atoms. The number of aromatic carboxylic acids is 1. The Labute approximate surface area is 412 Å². The normalized spacial score (nSPS) is 12.7. The van der Waals surface area contributed by atoms with E-state index in [-0.39, 0.29) is 34.8 Å². The van der Waals surface area contributed by atoms with Crippen molar-refractivity contribution in [1.82, 2.24) is 0 Å². The Morgan fingerprint density at radius 3 is 1.70 bits per heavy atom. The summed E-state index contributed by atoms with van der Waals surface area (Å²) < 4.78 is 146. The molecule has 0 heterocycles. The monoisotopic (exact) mass is 1090 g/mol. The predicted octanol–water partition coefficient (Wildman–Crippen LogP) is 8.78. The Morgan fingerprint density at radius 1 is 0.554 bits per heavy atom. The minimum absolute atomic E-state index is 0.0218. The average molecular weight is 1090 g/mol. The van der Waals surface area contributed by atoms with Gasteiger partial charge < -0.3 is 25.8 Å². The first kappa shape index (κ1) is 52.7. The second-order valence-electron chi connectivity index (χ2n) is 14.6. The van der Waals surface area contributed by atoms with Crippen LogP contribution in [0.2, 0.25) is 0 Å². The molecule has 0 atom stereocenters. The highest BCUT2D eigenvalue weighted by Crippen LogP contribution is 2.48. The van der Waals surface area contributed by atoms with Crippen molar-refractivity contribution in [2.24, 2.45) is 40.9 Å². The Morgan fingerprint density at radius 2 is 1.09 bits per heavy atom. The van der Waals surface area contributed by atoms with E-state index in [1.807, 2.05) is 0 Å². The first-order valence-electron chi connectivity index (χ1n) is 19.4. The lowest BCUT2D eigenvalue weighted by molar-refractivity contribution is -0.385. The number of phenols is 2. The Kier molecular flexibility index (Phi) is 14.1. The number of nitrogens with two attached hydrogens (primary N) is 1. The largest absolute Gasteiger partial charge is 0.505 e. The number of carbonyl (C=O) groups excluding carboxylic acids is 1. The van der Waals surface area contributed by atoms with Gasteiger partial charge in [0.15, 0.2) is 17.2 Å². The number of fused-ring (bicyclic) bond motifs is 2. The highest BCUT2D eigenvalue weighted by Gasteiger charge is 2.29. The number of phenolic OH excluding ortho intramolecular Hbond substituents is 2. The van der Waals surface area contributed by atoms with Gasteiger partial charge in [0, 0.05) is 34.4 Å². The summed E-state index contributed by atoms with van der Waals surface area (Å²) in [6.45, 7) is -0.0279. The molecule has 0 saturated heterocycles. The third kappa shape index (κ3) is 11.0. The van der Waals surface area contributed by atoms with Gasteiger partial charge in [0.05, 0.1) is 32.9 Å². The Hall–Kier alpha value is -9.16. The van der Waals surface area contributed by atoms with Crippen molar-refractivity contribution in [2.75, 3.05) is 5.73 Å². The van der Waals surface area contributed by atoms with Crippen molar-refractivity contribution in [3.05, 3.63) is 113 Å². The van der Waals surface area contributed by atoms with Crippen molar-refractivity contribution >= 4 is 131 Å². The van der Waals surface area contributed by atoms with E-state index >= 15 is 0 Å². The van der Waals surface area contributed by atoms with Crippen molar-refractivity contribution in [1.29, 1.82) is 0 Å². The van der Waals surface area contributed by atoms with E-state index in [1.165, 1.54) is 30.3 Å². The molecule has 9 N–H and O–H groups in total. The first-order chi connectivity index (χ1) is 34.6. The standard InChI is InChI=1S/C40H26N10O20S4/c41-35-29(16-31(71(58,59)60)23-8-11-27(38(53)34(23)35)46-45-26-10-6-21(50(56)57)14-32(26)72(61,62)63)48-47-28-12-7-22-24(39(28)74(67,68)69)15-33(73(64,65)66)36(37(22)52)49-44-25-9-5-20(13-30(25)70-17-51)43-42-19-3-1-18(2-4-19)40(54)55/h1-17,52-53H,41H2,(H,54,55)(H,58,59,60)(H,61,62,63)(H,64,65,66)(H,67,68,69). The van der Waals surface area contributed by atoms with Gasteiger partial charge in [-0.3, -0.25) is 33.1 Å². The number of nitro groups is 1. The molecule has 0 bridgehead atoms. The van der Waals surface area contributed by atoms with Gasteiger partial charge >= 0.3 is 5.97 Å². The van der Waals surface area contributed by atoms with Gasteiger partial charge in [-0.1, -0.05) is 6.07 Å². The molecule has 0 aromatic heterocycles. The number of azo groups is 4. The second-order valence-corrected chi connectivity index (χ2v) is 20.1. The molecule has 0 unspecified atom stereocenters. The summed E-state index contributed by atoms with van der Waals surface area (Å²) in [5.41, 5.74) is 0.763. The van der Waals surface area contributed by atoms with Crippen molar-refractivity contribution in [3.63, 3.8) is 0 Å². The van der Waals surface area contributed by atoms with Crippen molar-refractivity contribution < 1.29 is 86.5 Å². The number of non-ortho nitro benzene ring substituents is 1. The smallest absolute Gasteiger partial charge is 0.335 e. The Balaban J connectivity index is 1.32. The number of anilines is 1. The molecule has 7 aromatic rings. The molecule has 34 heteroatoms. The number of carboxylic acids is 1. The van der Waals surface area contributed by atoms with Gasteiger partial charge in [-0.05, 0) is 72.8 Å². The van der Waals surface area contributed by atoms with Crippen LogP contribution in [0, 0.1) is 10.1 Å². The number of hydrogen-bond donors (Lipinski definition) is 8.